The predicted molar refractivity (Wildman–Crippen MR) is 50.4 cm³/mol. The van der Waals surface area contributed by atoms with Crippen LogP contribution in [0.1, 0.15) is 0 Å². The Labute approximate surface area is 77.4 Å². The summed E-state index contributed by atoms with van der Waals surface area (Å²) >= 11 is 0. The fourth-order valence-corrected chi connectivity index (χ4v) is 1.52. The summed E-state index contributed by atoms with van der Waals surface area (Å²) in [4.78, 5) is 1.76. The lowest BCUT2D eigenvalue weighted by atomic mass is 10.2. The van der Waals surface area contributed by atoms with Gasteiger partial charge in [0.05, 0.1) is 0 Å². The van der Waals surface area contributed by atoms with Crippen LogP contribution in [0.4, 0.5) is 10.1 Å². The van der Waals surface area contributed by atoms with Gasteiger partial charge in [-0.2, -0.15) is 0 Å². The minimum absolute atomic E-state index is 0.412. The third-order valence-corrected chi connectivity index (χ3v) is 2.20. The standard InChI is InChI=1S/C10H12FN2/c11-10-8-12-6-7-13(10)9-4-2-1-3-5-9/h1-2,4-5,10,12H,6-8H2. The first kappa shape index (κ1) is 8.51. The maximum absolute atomic E-state index is 13.4. The molecule has 0 bridgehead atoms. The molecule has 2 rings (SSSR count). The van der Waals surface area contributed by atoms with E-state index < -0.39 is 6.30 Å². The Bertz CT molecular complexity index is 263. The number of halogens is 1. The van der Waals surface area contributed by atoms with Crippen molar-refractivity contribution in [2.75, 3.05) is 24.5 Å². The number of hydrogen-bond donors (Lipinski definition) is 1. The smallest absolute Gasteiger partial charge is 0.185 e. The van der Waals surface area contributed by atoms with Crippen LogP contribution in [-0.2, 0) is 0 Å². The van der Waals surface area contributed by atoms with Gasteiger partial charge in [0, 0.05) is 25.3 Å². The lowest BCUT2D eigenvalue weighted by molar-refractivity contribution is 0.281. The molecule has 0 aliphatic carbocycles. The molecule has 0 aromatic heterocycles. The van der Waals surface area contributed by atoms with Crippen molar-refractivity contribution >= 4 is 5.69 Å². The first-order valence-corrected chi connectivity index (χ1v) is 4.45. The van der Waals surface area contributed by atoms with Crippen molar-refractivity contribution in [3.05, 3.63) is 30.3 Å². The molecule has 0 spiro atoms. The second-order valence-electron chi connectivity index (χ2n) is 3.09. The highest BCUT2D eigenvalue weighted by Gasteiger charge is 2.20. The highest BCUT2D eigenvalue weighted by molar-refractivity contribution is 5.46. The lowest BCUT2D eigenvalue weighted by Crippen LogP contribution is -2.49. The van der Waals surface area contributed by atoms with Crippen LogP contribution in [0.15, 0.2) is 24.3 Å². The molecular weight excluding hydrogens is 167 g/mol. The molecule has 1 aliphatic heterocycles. The molecule has 0 amide bonds. The highest BCUT2D eigenvalue weighted by Crippen LogP contribution is 2.17. The molecule has 1 radical (unpaired) electrons. The van der Waals surface area contributed by atoms with Crippen LogP contribution in [-0.4, -0.2) is 25.9 Å². The van der Waals surface area contributed by atoms with Gasteiger partial charge in [-0.1, -0.05) is 12.1 Å². The van der Waals surface area contributed by atoms with E-state index in [9.17, 15) is 4.39 Å². The Morgan fingerprint density at radius 3 is 3.23 bits per heavy atom. The number of rotatable bonds is 1. The highest BCUT2D eigenvalue weighted by atomic mass is 19.1. The molecule has 1 atom stereocenters. The van der Waals surface area contributed by atoms with Crippen LogP contribution in [0.3, 0.4) is 0 Å². The minimum atomic E-state index is -0.912. The van der Waals surface area contributed by atoms with Crippen molar-refractivity contribution in [2.24, 2.45) is 0 Å². The van der Waals surface area contributed by atoms with Gasteiger partial charge in [-0.25, -0.2) is 4.39 Å². The van der Waals surface area contributed by atoms with E-state index in [0.29, 0.717) is 6.54 Å². The second-order valence-corrected chi connectivity index (χ2v) is 3.09. The Morgan fingerprint density at radius 2 is 2.54 bits per heavy atom. The summed E-state index contributed by atoms with van der Waals surface area (Å²) < 4.78 is 13.4. The molecule has 1 aromatic carbocycles. The molecule has 3 heteroatoms. The average Bonchev–Trinajstić information content (AvgIpc) is 2.20. The largest absolute Gasteiger partial charge is 0.340 e. The van der Waals surface area contributed by atoms with E-state index in [4.69, 9.17) is 0 Å². The zero-order valence-electron chi connectivity index (χ0n) is 7.33. The zero-order valence-corrected chi connectivity index (χ0v) is 7.33. The number of piperazine rings is 1. The number of nitrogens with one attached hydrogen (secondary N) is 1. The molecule has 1 heterocycles. The van der Waals surface area contributed by atoms with E-state index in [1.54, 1.807) is 4.90 Å². The van der Waals surface area contributed by atoms with Gasteiger partial charge in [0.15, 0.2) is 6.30 Å². The first-order valence-electron chi connectivity index (χ1n) is 4.45. The van der Waals surface area contributed by atoms with Crippen LogP contribution >= 0.6 is 0 Å². The van der Waals surface area contributed by atoms with E-state index in [0.717, 1.165) is 18.8 Å². The maximum atomic E-state index is 13.4. The van der Waals surface area contributed by atoms with Gasteiger partial charge in [-0.05, 0) is 18.2 Å². The van der Waals surface area contributed by atoms with E-state index in [1.807, 2.05) is 24.3 Å². The van der Waals surface area contributed by atoms with E-state index in [-0.39, 0.29) is 0 Å². The van der Waals surface area contributed by atoms with Gasteiger partial charge in [-0.3, -0.25) is 0 Å². The lowest BCUT2D eigenvalue weighted by Gasteiger charge is -2.32. The predicted octanol–water partition coefficient (Wildman–Crippen LogP) is 1.19. The van der Waals surface area contributed by atoms with Gasteiger partial charge >= 0.3 is 0 Å². The van der Waals surface area contributed by atoms with Gasteiger partial charge in [-0.15, -0.1) is 0 Å². The van der Waals surface area contributed by atoms with E-state index in [2.05, 4.69) is 11.4 Å². The average molecular weight is 179 g/mol. The van der Waals surface area contributed by atoms with Gasteiger partial charge in [0.25, 0.3) is 0 Å². The molecule has 2 nitrogen and oxygen atoms in total. The summed E-state index contributed by atoms with van der Waals surface area (Å²) in [7, 11) is 0. The topological polar surface area (TPSA) is 15.3 Å². The summed E-state index contributed by atoms with van der Waals surface area (Å²) in [6.45, 7) is 1.98. The number of benzene rings is 1. The summed E-state index contributed by atoms with van der Waals surface area (Å²) in [5.74, 6) is 0. The second kappa shape index (κ2) is 3.75. The van der Waals surface area contributed by atoms with Gasteiger partial charge in [0.1, 0.15) is 0 Å². The van der Waals surface area contributed by atoms with Crippen molar-refractivity contribution < 1.29 is 4.39 Å². The van der Waals surface area contributed by atoms with Crippen molar-refractivity contribution in [1.82, 2.24) is 5.32 Å². The quantitative estimate of drug-likeness (QED) is 0.651. The Morgan fingerprint density at radius 1 is 1.62 bits per heavy atom. The van der Waals surface area contributed by atoms with Crippen LogP contribution in [0.5, 0.6) is 0 Å². The number of anilines is 1. The normalized spacial score (nSPS) is 23.2. The first-order chi connectivity index (χ1) is 6.38. The third-order valence-electron chi connectivity index (χ3n) is 2.20. The third kappa shape index (κ3) is 1.80. The number of hydrogen-bond acceptors (Lipinski definition) is 2. The summed E-state index contributed by atoms with van der Waals surface area (Å²) in [5, 5.41) is 3.01. The van der Waals surface area contributed by atoms with Gasteiger partial charge < -0.3 is 10.2 Å². The number of nitrogens with zero attached hydrogens (tertiary/aromatic N) is 1. The van der Waals surface area contributed by atoms with Crippen LogP contribution in [0.2, 0.25) is 0 Å². The van der Waals surface area contributed by atoms with E-state index in [1.165, 1.54) is 0 Å². The molecule has 1 saturated heterocycles. The van der Waals surface area contributed by atoms with Crippen molar-refractivity contribution in [3.63, 3.8) is 0 Å². The molecule has 1 aliphatic rings. The van der Waals surface area contributed by atoms with Gasteiger partial charge in [0.2, 0.25) is 0 Å². The van der Waals surface area contributed by atoms with Crippen molar-refractivity contribution in [2.45, 2.75) is 6.30 Å². The molecule has 1 N–H and O–H groups in total. The van der Waals surface area contributed by atoms with E-state index >= 15 is 0 Å². The summed E-state index contributed by atoms with van der Waals surface area (Å²) in [6.07, 6.45) is -0.912. The number of alkyl halides is 1. The van der Waals surface area contributed by atoms with Crippen LogP contribution in [0.25, 0.3) is 0 Å². The fraction of sp³-hybridized carbons (Fsp3) is 0.400. The molecular formula is C10H12FN2. The monoisotopic (exact) mass is 179 g/mol. The zero-order chi connectivity index (χ0) is 9.10. The van der Waals surface area contributed by atoms with Crippen LogP contribution in [0, 0.1) is 6.07 Å². The Kier molecular flexibility index (Phi) is 2.45. The minimum Gasteiger partial charge on any atom is -0.340 e. The Balaban J connectivity index is 2.15. The van der Waals surface area contributed by atoms with Crippen molar-refractivity contribution in [3.8, 4) is 0 Å². The molecule has 1 fully saturated rings. The van der Waals surface area contributed by atoms with Crippen molar-refractivity contribution in [1.29, 1.82) is 0 Å². The molecule has 69 valence electrons. The SMILES string of the molecule is FC1CNCCN1c1c[c]ccc1. The molecule has 13 heavy (non-hydrogen) atoms. The Hall–Kier alpha value is -1.09. The molecule has 1 aromatic rings. The molecule has 0 saturated carbocycles. The van der Waals surface area contributed by atoms with Crippen LogP contribution < -0.4 is 10.2 Å². The summed E-state index contributed by atoms with van der Waals surface area (Å²) in [5.41, 5.74) is 0.913. The molecule has 1 unspecified atom stereocenters. The maximum Gasteiger partial charge on any atom is 0.185 e. The fourth-order valence-electron chi connectivity index (χ4n) is 1.52. The summed E-state index contributed by atoms with van der Waals surface area (Å²) in [6, 6.07) is 10.4.